The van der Waals surface area contributed by atoms with Crippen LogP contribution in [-0.2, 0) is 20.4 Å². The molecule has 0 amide bonds. The minimum absolute atomic E-state index is 0. The second-order valence-electron chi connectivity index (χ2n) is 8.92. The van der Waals surface area contributed by atoms with Crippen LogP contribution in [0, 0.1) is 0 Å². The molecule has 0 atom stereocenters. The monoisotopic (exact) mass is 756 g/mol. The molecule has 38 heavy (non-hydrogen) atoms. The molecule has 0 bridgehead atoms. The van der Waals surface area contributed by atoms with Crippen molar-refractivity contribution in [2.45, 2.75) is 0 Å². The van der Waals surface area contributed by atoms with E-state index in [2.05, 4.69) is 175 Å². The van der Waals surface area contributed by atoms with Crippen LogP contribution in [0.4, 0.5) is 0 Å². The molecular formula is C32H47NP4Re. The second-order valence-corrected chi connectivity index (χ2v) is 18.1. The molecule has 1 nitrogen and oxygen atoms in total. The zero-order valence-corrected chi connectivity index (χ0v) is 30.7. The fourth-order valence-corrected chi connectivity index (χ4v) is 5.98. The third-order valence-electron chi connectivity index (χ3n) is 5.09. The van der Waals surface area contributed by atoms with Gasteiger partial charge in [-0.3, -0.25) is 0 Å². The molecule has 0 aliphatic carbocycles. The van der Waals surface area contributed by atoms with E-state index < -0.39 is 0 Å². The average molecular weight is 756 g/mol. The minimum Gasteiger partial charge on any atom is -0.344 e. The van der Waals surface area contributed by atoms with Gasteiger partial charge in [-0.05, 0) is 74.5 Å². The van der Waals surface area contributed by atoms with Gasteiger partial charge in [0.1, 0.15) is 0 Å². The summed E-state index contributed by atoms with van der Waals surface area (Å²) in [5.74, 6) is 0. The third-order valence-corrected chi connectivity index (χ3v) is 10.4. The molecule has 0 aliphatic heterocycles. The van der Waals surface area contributed by atoms with Gasteiger partial charge in [0.05, 0.1) is 0 Å². The van der Waals surface area contributed by atoms with Crippen LogP contribution in [0.1, 0.15) is 0 Å². The van der Waals surface area contributed by atoms with Crippen molar-refractivity contribution in [2.75, 3.05) is 53.3 Å². The summed E-state index contributed by atoms with van der Waals surface area (Å²) < 4.78 is 0. The van der Waals surface area contributed by atoms with Gasteiger partial charge in [0, 0.05) is 20.4 Å². The maximum atomic E-state index is 2.27. The van der Waals surface area contributed by atoms with E-state index in [9.17, 15) is 0 Å². The summed E-state index contributed by atoms with van der Waals surface area (Å²) in [7, 11) is 0.418. The summed E-state index contributed by atoms with van der Waals surface area (Å²) in [5.41, 5.74) is 0. The number of hydrogen-bond acceptors (Lipinski definition) is 1. The van der Waals surface area contributed by atoms with Crippen molar-refractivity contribution < 1.29 is 20.4 Å². The number of hydrogen-bond donors (Lipinski definition) is 1. The topological polar surface area (TPSA) is 35.0 Å². The molecule has 0 fully saturated rings. The SMILES string of the molecule is CP(C)c1ccccc1.CP(C)c1ccccc1.CP(C)c1ccccc1.CP(C)c1ccccc1.N.[Re]. The first-order chi connectivity index (χ1) is 17.2. The van der Waals surface area contributed by atoms with E-state index in [0.29, 0.717) is 0 Å². The van der Waals surface area contributed by atoms with Gasteiger partial charge in [-0.2, -0.15) is 0 Å². The fourth-order valence-electron chi connectivity index (χ4n) is 2.90. The second kappa shape index (κ2) is 24.1. The summed E-state index contributed by atoms with van der Waals surface area (Å²) in [6, 6.07) is 42.5. The van der Waals surface area contributed by atoms with Gasteiger partial charge >= 0.3 is 0 Å². The van der Waals surface area contributed by atoms with E-state index in [1.807, 2.05) is 0 Å². The van der Waals surface area contributed by atoms with Crippen LogP contribution < -0.4 is 27.4 Å². The molecule has 4 aromatic carbocycles. The normalized spacial score (nSPS) is 9.58. The van der Waals surface area contributed by atoms with Crippen LogP contribution in [0.15, 0.2) is 121 Å². The molecule has 207 valence electrons. The largest absolute Gasteiger partial charge is 0.344 e. The van der Waals surface area contributed by atoms with Gasteiger partial charge < -0.3 is 6.15 Å². The van der Waals surface area contributed by atoms with E-state index >= 15 is 0 Å². The molecule has 0 saturated heterocycles. The standard InChI is InChI=1S/4C8H11P.H3N.Re/c4*1-9(2)8-6-4-3-5-7-8;;/h4*3-7H,1-2H3;1H3;. The average Bonchev–Trinajstić information content (AvgIpc) is 2.92. The van der Waals surface area contributed by atoms with Gasteiger partial charge in [0.25, 0.3) is 0 Å². The molecule has 0 aliphatic rings. The van der Waals surface area contributed by atoms with Crippen LogP contribution in [0.25, 0.3) is 0 Å². The van der Waals surface area contributed by atoms with Gasteiger partial charge in [-0.25, -0.2) is 0 Å². The van der Waals surface area contributed by atoms with Crippen molar-refractivity contribution in [3.63, 3.8) is 0 Å². The summed E-state index contributed by atoms with van der Waals surface area (Å²) in [6.45, 7) is 18.1. The Kier molecular flexibility index (Phi) is 24.9. The van der Waals surface area contributed by atoms with Crippen LogP contribution >= 0.6 is 31.7 Å². The molecule has 1 radical (unpaired) electrons. The smallest absolute Gasteiger partial charge is 0 e. The minimum atomic E-state index is 0. The Hall–Kier alpha value is -0.778. The molecule has 0 aromatic heterocycles. The maximum Gasteiger partial charge on any atom is 0 e. The van der Waals surface area contributed by atoms with Crippen LogP contribution in [0.3, 0.4) is 0 Å². The predicted molar refractivity (Wildman–Crippen MR) is 184 cm³/mol. The molecular weight excluding hydrogens is 708 g/mol. The predicted octanol–water partition coefficient (Wildman–Crippen LogP) is 8.37. The van der Waals surface area contributed by atoms with E-state index in [1.165, 1.54) is 21.2 Å². The van der Waals surface area contributed by atoms with Gasteiger partial charge in [-0.1, -0.05) is 153 Å². The van der Waals surface area contributed by atoms with E-state index in [4.69, 9.17) is 0 Å². The molecule has 6 heteroatoms. The Labute approximate surface area is 252 Å². The van der Waals surface area contributed by atoms with Crippen molar-refractivity contribution in [3.8, 4) is 0 Å². The van der Waals surface area contributed by atoms with Crippen molar-refractivity contribution >= 4 is 52.9 Å². The molecule has 4 rings (SSSR count). The van der Waals surface area contributed by atoms with Crippen LogP contribution in [0.2, 0.25) is 0 Å². The van der Waals surface area contributed by atoms with E-state index in [0.717, 1.165) is 0 Å². The fraction of sp³-hybridized carbons (Fsp3) is 0.250. The van der Waals surface area contributed by atoms with Gasteiger partial charge in [-0.15, -0.1) is 0 Å². The Morgan fingerprint density at radius 1 is 0.289 bits per heavy atom. The molecule has 3 N–H and O–H groups in total. The summed E-state index contributed by atoms with van der Waals surface area (Å²) >= 11 is 0. The Morgan fingerprint density at radius 3 is 0.500 bits per heavy atom. The first-order valence-corrected chi connectivity index (χ1v) is 21.1. The summed E-state index contributed by atoms with van der Waals surface area (Å²) in [4.78, 5) is 0. The quantitative estimate of drug-likeness (QED) is 0.209. The molecule has 0 heterocycles. The van der Waals surface area contributed by atoms with Crippen LogP contribution in [-0.4, -0.2) is 53.3 Å². The Balaban J connectivity index is 0. The zero-order chi connectivity index (χ0) is 26.8. The maximum absolute atomic E-state index is 2.27. The summed E-state index contributed by atoms with van der Waals surface area (Å²) in [6.07, 6.45) is 0. The van der Waals surface area contributed by atoms with Gasteiger partial charge in [0.15, 0.2) is 0 Å². The van der Waals surface area contributed by atoms with E-state index in [1.54, 1.807) is 0 Å². The molecule has 4 aromatic rings. The molecule has 0 unspecified atom stereocenters. The number of rotatable bonds is 4. The molecule has 0 saturated carbocycles. The first-order valence-electron chi connectivity index (χ1n) is 12.1. The first kappa shape index (κ1) is 39.4. The van der Waals surface area contributed by atoms with Gasteiger partial charge in [0.2, 0.25) is 0 Å². The summed E-state index contributed by atoms with van der Waals surface area (Å²) in [5, 5.41) is 5.92. The van der Waals surface area contributed by atoms with Crippen molar-refractivity contribution in [2.24, 2.45) is 0 Å². The molecule has 0 spiro atoms. The van der Waals surface area contributed by atoms with E-state index in [-0.39, 0.29) is 58.3 Å². The van der Waals surface area contributed by atoms with Crippen molar-refractivity contribution in [1.82, 2.24) is 6.15 Å². The Bertz CT molecular complexity index is 856. The van der Waals surface area contributed by atoms with Crippen LogP contribution in [0.5, 0.6) is 0 Å². The van der Waals surface area contributed by atoms with Crippen molar-refractivity contribution in [3.05, 3.63) is 121 Å². The zero-order valence-electron chi connectivity index (χ0n) is 24.4. The van der Waals surface area contributed by atoms with Crippen molar-refractivity contribution in [1.29, 1.82) is 0 Å². The Morgan fingerprint density at radius 2 is 0.421 bits per heavy atom. The third kappa shape index (κ3) is 18.5. The number of benzene rings is 4.